The Labute approximate surface area is 154 Å². The van der Waals surface area contributed by atoms with Crippen molar-refractivity contribution in [2.24, 2.45) is 11.8 Å². The lowest BCUT2D eigenvalue weighted by Gasteiger charge is -2.39. The minimum Gasteiger partial charge on any atom is -0.496 e. The van der Waals surface area contributed by atoms with E-state index in [1.807, 2.05) is 25.1 Å². The van der Waals surface area contributed by atoms with Crippen LogP contribution in [0.3, 0.4) is 0 Å². The lowest BCUT2D eigenvalue weighted by atomic mass is 9.73. The first-order valence-corrected chi connectivity index (χ1v) is 9.34. The van der Waals surface area contributed by atoms with E-state index in [4.69, 9.17) is 21.1 Å². The number of rotatable bonds is 6. The molecule has 2 aliphatic rings. The molecule has 0 spiro atoms. The molecule has 1 aromatic rings. The molecule has 0 saturated carbocycles. The zero-order chi connectivity index (χ0) is 17.9. The molecule has 1 atom stereocenters. The number of benzene rings is 1. The molecule has 138 valence electrons. The Hall–Kier alpha value is -1.30. The second-order valence-electron chi connectivity index (χ2n) is 7.16. The molecule has 1 aromatic carbocycles. The lowest BCUT2D eigenvalue weighted by molar-refractivity contribution is -0.127. The highest BCUT2D eigenvalue weighted by Crippen LogP contribution is 2.40. The van der Waals surface area contributed by atoms with Gasteiger partial charge in [-0.2, -0.15) is 0 Å². The third-order valence-corrected chi connectivity index (χ3v) is 5.95. The fourth-order valence-corrected chi connectivity index (χ4v) is 3.87. The minimum atomic E-state index is -0.207. The van der Waals surface area contributed by atoms with E-state index in [0.29, 0.717) is 30.7 Å². The maximum Gasteiger partial charge on any atom is 0.223 e. The number of halogens is 1. The average Bonchev–Trinajstić information content (AvgIpc) is 2.59. The van der Waals surface area contributed by atoms with E-state index in [2.05, 4.69) is 10.6 Å². The second kappa shape index (κ2) is 7.94. The van der Waals surface area contributed by atoms with E-state index in [1.54, 1.807) is 7.11 Å². The predicted molar refractivity (Wildman–Crippen MR) is 98.3 cm³/mol. The van der Waals surface area contributed by atoms with E-state index in [0.717, 1.165) is 37.2 Å². The summed E-state index contributed by atoms with van der Waals surface area (Å²) in [4.78, 5) is 12.6. The number of carbonyl (C=O) groups excluding carboxylic acids is 1. The van der Waals surface area contributed by atoms with Crippen molar-refractivity contribution in [2.45, 2.75) is 25.2 Å². The Kier molecular flexibility index (Phi) is 5.87. The van der Waals surface area contributed by atoms with Crippen molar-refractivity contribution in [1.29, 1.82) is 0 Å². The van der Waals surface area contributed by atoms with E-state index < -0.39 is 0 Å². The molecule has 0 aliphatic carbocycles. The average molecular weight is 367 g/mol. The Morgan fingerprint density at radius 3 is 2.76 bits per heavy atom. The van der Waals surface area contributed by atoms with Crippen LogP contribution in [0.5, 0.6) is 5.75 Å². The summed E-state index contributed by atoms with van der Waals surface area (Å²) in [6, 6.07) is 5.71. The minimum absolute atomic E-state index is 0.0272. The molecule has 2 fully saturated rings. The summed E-state index contributed by atoms with van der Waals surface area (Å²) in [7, 11) is 1.67. The summed E-state index contributed by atoms with van der Waals surface area (Å²) in [5.74, 6) is 1.40. The first-order valence-electron chi connectivity index (χ1n) is 8.96. The molecule has 0 aromatic heterocycles. The van der Waals surface area contributed by atoms with Gasteiger partial charge < -0.3 is 20.1 Å². The van der Waals surface area contributed by atoms with Gasteiger partial charge in [-0.25, -0.2) is 0 Å². The normalized spacial score (nSPS) is 21.2. The zero-order valence-electron chi connectivity index (χ0n) is 14.9. The summed E-state index contributed by atoms with van der Waals surface area (Å²) >= 11 is 6.26. The van der Waals surface area contributed by atoms with Crippen LogP contribution in [0.4, 0.5) is 0 Å². The Morgan fingerprint density at radius 1 is 1.44 bits per heavy atom. The van der Waals surface area contributed by atoms with Crippen molar-refractivity contribution >= 4 is 17.5 Å². The standard InChI is InChI=1S/C19H27ClN2O3/c1-13(14-10-21-11-14)18(23)22-12-19(5-7-25-8-6-19)16-9-15(20)3-4-17(16)24-2/h3-4,9,13-14,21H,5-8,10-12H2,1-2H3,(H,22,23). The van der Waals surface area contributed by atoms with Gasteiger partial charge in [0.05, 0.1) is 7.11 Å². The van der Waals surface area contributed by atoms with Gasteiger partial charge in [-0.05, 0) is 50.0 Å². The second-order valence-corrected chi connectivity index (χ2v) is 7.60. The van der Waals surface area contributed by atoms with Gasteiger partial charge in [0.15, 0.2) is 0 Å². The van der Waals surface area contributed by atoms with Crippen LogP contribution in [0.2, 0.25) is 5.02 Å². The van der Waals surface area contributed by atoms with Gasteiger partial charge >= 0.3 is 0 Å². The van der Waals surface area contributed by atoms with E-state index >= 15 is 0 Å². The monoisotopic (exact) mass is 366 g/mol. The number of nitrogens with one attached hydrogen (secondary N) is 2. The quantitative estimate of drug-likeness (QED) is 0.811. The summed E-state index contributed by atoms with van der Waals surface area (Å²) in [6.45, 7) is 5.79. The van der Waals surface area contributed by atoms with Crippen molar-refractivity contribution < 1.29 is 14.3 Å². The highest BCUT2D eigenvalue weighted by molar-refractivity contribution is 6.30. The third kappa shape index (κ3) is 3.94. The molecule has 0 radical (unpaired) electrons. The summed E-state index contributed by atoms with van der Waals surface area (Å²) < 4.78 is 11.2. The predicted octanol–water partition coefficient (Wildman–Crippen LogP) is 2.37. The van der Waals surface area contributed by atoms with E-state index in [-0.39, 0.29) is 17.2 Å². The Morgan fingerprint density at radius 2 is 2.16 bits per heavy atom. The number of hydrogen-bond acceptors (Lipinski definition) is 4. The van der Waals surface area contributed by atoms with Crippen LogP contribution in [0, 0.1) is 11.8 Å². The first-order chi connectivity index (χ1) is 12.1. The maximum atomic E-state index is 12.6. The molecule has 2 heterocycles. The zero-order valence-corrected chi connectivity index (χ0v) is 15.7. The van der Waals surface area contributed by atoms with Gasteiger partial charge in [0.25, 0.3) is 0 Å². The highest BCUT2D eigenvalue weighted by atomic mass is 35.5. The van der Waals surface area contributed by atoms with Gasteiger partial charge in [0, 0.05) is 41.7 Å². The van der Waals surface area contributed by atoms with Crippen molar-refractivity contribution in [3.8, 4) is 5.75 Å². The summed E-state index contributed by atoms with van der Waals surface area (Å²) in [5.41, 5.74) is 0.853. The van der Waals surface area contributed by atoms with Crippen molar-refractivity contribution in [3.63, 3.8) is 0 Å². The summed E-state index contributed by atoms with van der Waals surface area (Å²) in [6.07, 6.45) is 1.67. The first kappa shape index (κ1) is 18.5. The van der Waals surface area contributed by atoms with Crippen LogP contribution in [0.25, 0.3) is 0 Å². The lowest BCUT2D eigenvalue weighted by Crippen LogP contribution is -2.52. The van der Waals surface area contributed by atoms with E-state index in [9.17, 15) is 4.79 Å². The van der Waals surface area contributed by atoms with Crippen molar-refractivity contribution in [3.05, 3.63) is 28.8 Å². The Bertz CT molecular complexity index is 613. The summed E-state index contributed by atoms with van der Waals surface area (Å²) in [5, 5.41) is 7.10. The molecule has 3 rings (SSSR count). The van der Waals surface area contributed by atoms with Gasteiger partial charge in [-0.1, -0.05) is 18.5 Å². The molecule has 25 heavy (non-hydrogen) atoms. The van der Waals surface area contributed by atoms with Crippen LogP contribution in [0.15, 0.2) is 18.2 Å². The van der Waals surface area contributed by atoms with Gasteiger partial charge in [0.2, 0.25) is 5.91 Å². The van der Waals surface area contributed by atoms with Gasteiger partial charge in [-0.15, -0.1) is 0 Å². The van der Waals surface area contributed by atoms with E-state index in [1.165, 1.54) is 0 Å². The van der Waals surface area contributed by atoms with Crippen LogP contribution >= 0.6 is 11.6 Å². The largest absolute Gasteiger partial charge is 0.496 e. The van der Waals surface area contributed by atoms with Crippen molar-refractivity contribution in [2.75, 3.05) is 40.0 Å². The molecular formula is C19H27ClN2O3. The maximum absolute atomic E-state index is 12.6. The number of hydrogen-bond donors (Lipinski definition) is 2. The molecule has 0 bridgehead atoms. The molecule has 6 heteroatoms. The highest BCUT2D eigenvalue weighted by Gasteiger charge is 2.38. The van der Waals surface area contributed by atoms with Crippen LogP contribution < -0.4 is 15.4 Å². The fourth-order valence-electron chi connectivity index (χ4n) is 3.69. The molecular weight excluding hydrogens is 340 g/mol. The topological polar surface area (TPSA) is 59.6 Å². The molecule has 5 nitrogen and oxygen atoms in total. The van der Waals surface area contributed by atoms with Crippen LogP contribution in [-0.2, 0) is 14.9 Å². The van der Waals surface area contributed by atoms with Crippen LogP contribution in [0.1, 0.15) is 25.3 Å². The fraction of sp³-hybridized carbons (Fsp3) is 0.632. The van der Waals surface area contributed by atoms with Crippen molar-refractivity contribution in [1.82, 2.24) is 10.6 Å². The molecule has 2 aliphatic heterocycles. The molecule has 2 N–H and O–H groups in total. The molecule has 1 amide bonds. The smallest absolute Gasteiger partial charge is 0.223 e. The SMILES string of the molecule is COc1ccc(Cl)cc1C1(CNC(=O)C(C)C2CNC2)CCOCC1. The molecule has 2 saturated heterocycles. The number of amides is 1. The third-order valence-electron chi connectivity index (χ3n) is 5.72. The number of carbonyl (C=O) groups is 1. The number of methoxy groups -OCH3 is 1. The number of ether oxygens (including phenoxy) is 2. The van der Waals surface area contributed by atoms with Gasteiger partial charge in [0.1, 0.15) is 5.75 Å². The van der Waals surface area contributed by atoms with Gasteiger partial charge in [-0.3, -0.25) is 4.79 Å². The molecule has 1 unspecified atom stereocenters. The van der Waals surface area contributed by atoms with Crippen LogP contribution in [-0.4, -0.2) is 45.9 Å². The Balaban J connectivity index is 1.79.